The van der Waals surface area contributed by atoms with E-state index in [1.807, 2.05) is 12.3 Å². The topological polar surface area (TPSA) is 68.3 Å². The number of hydrogen-bond donors (Lipinski definition) is 1. The van der Waals surface area contributed by atoms with Gasteiger partial charge in [0.1, 0.15) is 5.75 Å². The number of amides is 1. The van der Waals surface area contributed by atoms with Crippen LogP contribution in [0.1, 0.15) is 28.0 Å². The molecule has 0 radical (unpaired) electrons. The predicted octanol–water partition coefficient (Wildman–Crippen LogP) is 2.21. The van der Waals surface area contributed by atoms with E-state index in [9.17, 15) is 9.59 Å². The second kappa shape index (κ2) is 7.54. The fourth-order valence-corrected chi connectivity index (χ4v) is 2.43. The maximum Gasteiger partial charge on any atom is 0.258 e. The van der Waals surface area contributed by atoms with Crippen molar-refractivity contribution in [2.75, 3.05) is 6.61 Å². The van der Waals surface area contributed by atoms with Crippen molar-refractivity contribution >= 4 is 23.5 Å². The zero-order valence-corrected chi connectivity index (χ0v) is 12.5. The van der Waals surface area contributed by atoms with Gasteiger partial charge in [0.05, 0.1) is 22.8 Å². The molecule has 1 aromatic heterocycles. The number of carbonyl (C=O) groups excluding carboxylic acids is 2. The van der Waals surface area contributed by atoms with Crippen molar-refractivity contribution in [1.29, 1.82) is 0 Å². The van der Waals surface area contributed by atoms with Crippen molar-refractivity contribution < 1.29 is 14.3 Å². The van der Waals surface area contributed by atoms with E-state index in [1.165, 1.54) is 0 Å². The number of ether oxygens (including phenoxy) is 1. The molecule has 1 aromatic carbocycles. The summed E-state index contributed by atoms with van der Waals surface area (Å²) in [6.45, 7) is 2.29. The minimum Gasteiger partial charge on any atom is -0.483 e. The quantitative estimate of drug-likeness (QED) is 0.796. The molecule has 1 heterocycles. The van der Waals surface area contributed by atoms with Crippen molar-refractivity contribution in [3.05, 3.63) is 45.9 Å². The summed E-state index contributed by atoms with van der Waals surface area (Å²) in [5.74, 6) is 0.159. The predicted molar refractivity (Wildman–Crippen MR) is 80.7 cm³/mol. The summed E-state index contributed by atoms with van der Waals surface area (Å²) in [6, 6.07) is 6.79. The monoisotopic (exact) mass is 304 g/mol. The second-order valence-electron chi connectivity index (χ2n) is 4.31. The smallest absolute Gasteiger partial charge is 0.258 e. The van der Waals surface area contributed by atoms with Gasteiger partial charge in [-0.15, -0.1) is 11.3 Å². The Labute approximate surface area is 127 Å². The molecule has 0 atom stereocenters. The minimum absolute atomic E-state index is 0.129. The molecule has 110 valence electrons. The van der Waals surface area contributed by atoms with Crippen LogP contribution in [-0.4, -0.2) is 23.8 Å². The largest absolute Gasteiger partial charge is 0.483 e. The van der Waals surface area contributed by atoms with Gasteiger partial charge in [0.15, 0.2) is 12.9 Å². The van der Waals surface area contributed by atoms with Gasteiger partial charge >= 0.3 is 0 Å². The Kier molecular flexibility index (Phi) is 5.45. The average Bonchev–Trinajstić information content (AvgIpc) is 2.99. The number of benzene rings is 1. The van der Waals surface area contributed by atoms with Crippen LogP contribution in [0.2, 0.25) is 0 Å². The number of aromatic nitrogens is 1. The van der Waals surface area contributed by atoms with Crippen LogP contribution in [-0.2, 0) is 17.8 Å². The minimum atomic E-state index is -0.248. The van der Waals surface area contributed by atoms with Gasteiger partial charge < -0.3 is 10.1 Å². The Bertz CT molecular complexity index is 625. The number of nitrogens with one attached hydrogen (secondary N) is 1. The molecule has 6 heteroatoms. The lowest BCUT2D eigenvalue weighted by molar-refractivity contribution is -0.123. The van der Waals surface area contributed by atoms with Gasteiger partial charge in [-0.1, -0.05) is 19.1 Å². The van der Waals surface area contributed by atoms with Crippen LogP contribution in [0.15, 0.2) is 29.6 Å². The molecular formula is C15H16N2O3S. The number of hydrogen-bond acceptors (Lipinski definition) is 5. The number of nitrogens with zero attached hydrogens (tertiary/aromatic N) is 1. The number of rotatable bonds is 7. The van der Waals surface area contributed by atoms with Gasteiger partial charge in [-0.25, -0.2) is 4.98 Å². The highest BCUT2D eigenvalue weighted by molar-refractivity contribution is 7.09. The first kappa shape index (κ1) is 15.2. The van der Waals surface area contributed by atoms with E-state index in [1.54, 1.807) is 35.6 Å². The molecule has 5 nitrogen and oxygen atoms in total. The third-order valence-electron chi connectivity index (χ3n) is 2.77. The van der Waals surface area contributed by atoms with Gasteiger partial charge in [-0.3, -0.25) is 9.59 Å². The highest BCUT2D eigenvalue weighted by Crippen LogP contribution is 2.15. The van der Waals surface area contributed by atoms with E-state index in [0.29, 0.717) is 24.1 Å². The van der Waals surface area contributed by atoms with E-state index in [0.717, 1.165) is 17.1 Å². The Hall–Kier alpha value is -2.21. The molecule has 0 saturated heterocycles. The first-order chi connectivity index (χ1) is 10.2. The van der Waals surface area contributed by atoms with Crippen LogP contribution in [0.5, 0.6) is 5.75 Å². The summed E-state index contributed by atoms with van der Waals surface area (Å²) in [5, 5.41) is 5.72. The van der Waals surface area contributed by atoms with E-state index in [4.69, 9.17) is 4.74 Å². The van der Waals surface area contributed by atoms with Crippen LogP contribution in [0, 0.1) is 0 Å². The van der Waals surface area contributed by atoms with Crippen LogP contribution in [0.3, 0.4) is 0 Å². The summed E-state index contributed by atoms with van der Waals surface area (Å²) >= 11 is 1.58. The molecule has 2 rings (SSSR count). The normalized spacial score (nSPS) is 10.1. The van der Waals surface area contributed by atoms with Crippen LogP contribution < -0.4 is 10.1 Å². The zero-order valence-electron chi connectivity index (χ0n) is 11.7. The molecule has 0 aliphatic carbocycles. The Morgan fingerprint density at radius 1 is 1.43 bits per heavy atom. The molecule has 0 saturated carbocycles. The van der Waals surface area contributed by atoms with Gasteiger partial charge in [0.2, 0.25) is 0 Å². The lowest BCUT2D eigenvalue weighted by Crippen LogP contribution is -2.28. The highest BCUT2D eigenvalue weighted by atomic mass is 32.1. The van der Waals surface area contributed by atoms with Crippen molar-refractivity contribution in [2.45, 2.75) is 19.9 Å². The third-order valence-corrected chi connectivity index (χ3v) is 3.82. The van der Waals surface area contributed by atoms with E-state index < -0.39 is 0 Å². The van der Waals surface area contributed by atoms with Crippen LogP contribution >= 0.6 is 11.3 Å². The van der Waals surface area contributed by atoms with Crippen LogP contribution in [0.4, 0.5) is 0 Å². The first-order valence-corrected chi connectivity index (χ1v) is 7.48. The fourth-order valence-electron chi connectivity index (χ4n) is 1.69. The summed E-state index contributed by atoms with van der Waals surface area (Å²) in [5.41, 5.74) is 1.27. The van der Waals surface area contributed by atoms with E-state index >= 15 is 0 Å². The van der Waals surface area contributed by atoms with Crippen molar-refractivity contribution in [1.82, 2.24) is 10.3 Å². The Morgan fingerprint density at radius 3 is 2.95 bits per heavy atom. The molecule has 1 N–H and O–H groups in total. The van der Waals surface area contributed by atoms with Gasteiger partial charge in [0, 0.05) is 5.38 Å². The number of aryl methyl sites for hydroxylation is 1. The maximum absolute atomic E-state index is 11.7. The molecule has 0 aliphatic rings. The maximum atomic E-state index is 11.7. The SMILES string of the molecule is CCc1nc(CNC(=O)COc2ccccc2C=O)cs1. The molecule has 2 aromatic rings. The fraction of sp³-hybridized carbons (Fsp3) is 0.267. The number of para-hydroxylation sites is 1. The van der Waals surface area contributed by atoms with E-state index in [2.05, 4.69) is 10.3 Å². The standard InChI is InChI=1S/C15H16N2O3S/c1-2-15-17-12(10-21-15)7-16-14(19)9-20-13-6-4-3-5-11(13)8-18/h3-6,8,10H,2,7,9H2,1H3,(H,16,19). The summed E-state index contributed by atoms with van der Waals surface area (Å²) in [4.78, 5) is 26.9. The molecule has 1 amide bonds. The summed E-state index contributed by atoms with van der Waals surface area (Å²) in [7, 11) is 0. The average molecular weight is 304 g/mol. The molecule has 0 fully saturated rings. The highest BCUT2D eigenvalue weighted by Gasteiger charge is 2.07. The number of carbonyl (C=O) groups is 2. The number of aldehydes is 1. The van der Waals surface area contributed by atoms with Gasteiger partial charge in [-0.05, 0) is 18.6 Å². The summed E-state index contributed by atoms with van der Waals surface area (Å²) < 4.78 is 5.34. The molecule has 0 bridgehead atoms. The molecule has 21 heavy (non-hydrogen) atoms. The zero-order chi connectivity index (χ0) is 15.1. The molecule has 0 aliphatic heterocycles. The lowest BCUT2D eigenvalue weighted by Gasteiger charge is -2.08. The summed E-state index contributed by atoms with van der Waals surface area (Å²) in [6.07, 6.45) is 1.60. The molecule has 0 spiro atoms. The Balaban J connectivity index is 1.80. The third kappa shape index (κ3) is 4.39. The first-order valence-electron chi connectivity index (χ1n) is 6.60. The molecule has 0 unspecified atom stereocenters. The van der Waals surface area contributed by atoms with Crippen molar-refractivity contribution in [3.63, 3.8) is 0 Å². The lowest BCUT2D eigenvalue weighted by atomic mass is 10.2. The Morgan fingerprint density at radius 2 is 2.24 bits per heavy atom. The van der Waals surface area contributed by atoms with E-state index in [-0.39, 0.29) is 12.5 Å². The second-order valence-corrected chi connectivity index (χ2v) is 5.25. The van der Waals surface area contributed by atoms with Crippen LogP contribution in [0.25, 0.3) is 0 Å². The van der Waals surface area contributed by atoms with Gasteiger partial charge in [0.25, 0.3) is 5.91 Å². The molecular weight excluding hydrogens is 288 g/mol. The number of thiazole rings is 1. The van der Waals surface area contributed by atoms with Gasteiger partial charge in [-0.2, -0.15) is 0 Å². The van der Waals surface area contributed by atoms with Crippen molar-refractivity contribution in [2.24, 2.45) is 0 Å². The van der Waals surface area contributed by atoms with Crippen molar-refractivity contribution in [3.8, 4) is 5.75 Å².